The predicted molar refractivity (Wildman–Crippen MR) is 120 cm³/mol. The van der Waals surface area contributed by atoms with E-state index in [1.165, 1.54) is 5.56 Å². The highest BCUT2D eigenvalue weighted by atomic mass is 15.2. The highest BCUT2D eigenvalue weighted by Gasteiger charge is 2.20. The molecule has 148 valence electrons. The van der Waals surface area contributed by atoms with Crippen LogP contribution in [-0.2, 0) is 6.42 Å². The lowest BCUT2D eigenvalue weighted by Crippen LogP contribution is -2.24. The second kappa shape index (κ2) is 8.08. The molecule has 0 fully saturated rings. The van der Waals surface area contributed by atoms with Gasteiger partial charge in [0.1, 0.15) is 18.3 Å². The predicted octanol–water partition coefficient (Wildman–Crippen LogP) is 4.52. The molecule has 7 nitrogen and oxygen atoms in total. The van der Waals surface area contributed by atoms with Crippen LogP contribution in [-0.4, -0.2) is 26.3 Å². The van der Waals surface area contributed by atoms with Crippen LogP contribution >= 0.6 is 0 Å². The molecular formula is C23H21N7. The van der Waals surface area contributed by atoms with E-state index in [0.29, 0.717) is 0 Å². The van der Waals surface area contributed by atoms with Gasteiger partial charge in [0.25, 0.3) is 0 Å². The number of hydrogen-bond acceptors (Lipinski definition) is 6. The van der Waals surface area contributed by atoms with Gasteiger partial charge in [0, 0.05) is 35.6 Å². The molecule has 2 aromatic carbocycles. The van der Waals surface area contributed by atoms with E-state index in [4.69, 9.17) is 0 Å². The average Bonchev–Trinajstić information content (AvgIpc) is 3.43. The molecule has 0 amide bonds. The summed E-state index contributed by atoms with van der Waals surface area (Å²) >= 11 is 0. The number of nitrogens with zero attached hydrogens (tertiary/aromatic N) is 3. The first-order valence-corrected chi connectivity index (χ1v) is 9.78. The van der Waals surface area contributed by atoms with Gasteiger partial charge in [-0.15, -0.1) is 0 Å². The molecule has 0 saturated heterocycles. The molecule has 0 saturated carbocycles. The lowest BCUT2D eigenvalue weighted by Gasteiger charge is -2.12. The van der Waals surface area contributed by atoms with E-state index in [-0.39, 0.29) is 6.17 Å². The molecule has 0 bridgehead atoms. The molecule has 0 spiro atoms. The molecule has 5 rings (SSSR count). The molecule has 1 aliphatic heterocycles. The average molecular weight is 395 g/mol. The number of nitrogens with one attached hydrogen (secondary N) is 4. The minimum absolute atomic E-state index is 0.171. The van der Waals surface area contributed by atoms with Gasteiger partial charge in [-0.05, 0) is 29.8 Å². The Kier molecular flexibility index (Phi) is 4.83. The summed E-state index contributed by atoms with van der Waals surface area (Å²) in [6.07, 6.45) is 11.9. The Morgan fingerprint density at radius 1 is 0.967 bits per heavy atom. The van der Waals surface area contributed by atoms with Gasteiger partial charge in [0.2, 0.25) is 0 Å². The summed E-state index contributed by atoms with van der Waals surface area (Å²) < 4.78 is 0. The number of benzene rings is 2. The molecule has 3 heterocycles. The third-order valence-electron chi connectivity index (χ3n) is 4.94. The molecule has 2 aromatic heterocycles. The first kappa shape index (κ1) is 17.9. The minimum atomic E-state index is 0.171. The fraction of sp³-hybridized carbons (Fsp3) is 0.0870. The Bertz CT molecular complexity index is 1150. The lowest BCUT2D eigenvalue weighted by molar-refractivity contribution is 0.831. The second-order valence-corrected chi connectivity index (χ2v) is 7.11. The first-order valence-electron chi connectivity index (χ1n) is 9.78. The summed E-state index contributed by atoms with van der Waals surface area (Å²) in [4.78, 5) is 8.55. The van der Waals surface area contributed by atoms with E-state index in [9.17, 15) is 0 Å². The van der Waals surface area contributed by atoms with E-state index in [1.807, 2.05) is 30.5 Å². The zero-order chi connectivity index (χ0) is 20.2. The summed E-state index contributed by atoms with van der Waals surface area (Å²) in [5.74, 6) is 0.747. The molecule has 4 aromatic rings. The quantitative estimate of drug-likeness (QED) is 0.384. The first-order chi connectivity index (χ1) is 14.8. The van der Waals surface area contributed by atoms with Crippen LogP contribution in [0.15, 0.2) is 73.4 Å². The van der Waals surface area contributed by atoms with E-state index in [0.717, 1.165) is 40.4 Å². The van der Waals surface area contributed by atoms with Gasteiger partial charge in [-0.2, -0.15) is 5.10 Å². The van der Waals surface area contributed by atoms with Gasteiger partial charge >= 0.3 is 0 Å². The van der Waals surface area contributed by atoms with Crippen molar-refractivity contribution in [3.05, 3.63) is 90.1 Å². The van der Waals surface area contributed by atoms with Crippen LogP contribution in [0.4, 0.5) is 22.9 Å². The normalized spacial score (nSPS) is 14.9. The number of hydrogen-bond donors (Lipinski definition) is 4. The van der Waals surface area contributed by atoms with Crippen LogP contribution < -0.4 is 16.0 Å². The van der Waals surface area contributed by atoms with Crippen LogP contribution in [0.3, 0.4) is 0 Å². The number of rotatable bonds is 6. The molecule has 30 heavy (non-hydrogen) atoms. The SMILES string of the molecule is C(=C\c1cncnc1Nc1ccc2c(c1)NC(Cc1ccccc1)N2)/c1cn[nH]c1. The molecule has 1 atom stereocenters. The van der Waals surface area contributed by atoms with Crippen LogP contribution in [0.5, 0.6) is 0 Å². The Morgan fingerprint density at radius 3 is 2.73 bits per heavy atom. The van der Waals surface area contributed by atoms with Crippen LogP contribution in [0, 0.1) is 0 Å². The second-order valence-electron chi connectivity index (χ2n) is 7.11. The van der Waals surface area contributed by atoms with Crippen molar-refractivity contribution in [2.24, 2.45) is 0 Å². The van der Waals surface area contributed by atoms with Gasteiger partial charge in [-0.1, -0.05) is 36.4 Å². The summed E-state index contributed by atoms with van der Waals surface area (Å²) in [6, 6.07) is 16.7. The zero-order valence-corrected chi connectivity index (χ0v) is 16.2. The van der Waals surface area contributed by atoms with Gasteiger partial charge in [-0.25, -0.2) is 9.97 Å². The fourth-order valence-corrected chi connectivity index (χ4v) is 3.47. The number of anilines is 4. The number of aromatic amines is 1. The van der Waals surface area contributed by atoms with Crippen molar-refractivity contribution in [3.8, 4) is 0 Å². The van der Waals surface area contributed by atoms with Gasteiger partial charge in [0.05, 0.1) is 17.6 Å². The highest BCUT2D eigenvalue weighted by Crippen LogP contribution is 2.33. The van der Waals surface area contributed by atoms with E-state index >= 15 is 0 Å². The largest absolute Gasteiger partial charge is 0.363 e. The molecule has 1 unspecified atom stereocenters. The Hall–Kier alpha value is -4.13. The molecule has 0 aliphatic carbocycles. The lowest BCUT2D eigenvalue weighted by atomic mass is 10.1. The van der Waals surface area contributed by atoms with Gasteiger partial charge < -0.3 is 16.0 Å². The maximum absolute atomic E-state index is 4.41. The smallest absolute Gasteiger partial charge is 0.141 e. The Labute approximate surface area is 174 Å². The molecular weight excluding hydrogens is 374 g/mol. The third kappa shape index (κ3) is 4.00. The van der Waals surface area contributed by atoms with E-state index in [1.54, 1.807) is 18.7 Å². The van der Waals surface area contributed by atoms with Crippen molar-refractivity contribution in [2.45, 2.75) is 12.6 Å². The van der Waals surface area contributed by atoms with Crippen molar-refractivity contribution in [2.75, 3.05) is 16.0 Å². The third-order valence-corrected chi connectivity index (χ3v) is 4.94. The fourth-order valence-electron chi connectivity index (χ4n) is 3.47. The van der Waals surface area contributed by atoms with Crippen molar-refractivity contribution >= 4 is 35.0 Å². The molecule has 4 N–H and O–H groups in total. The topological polar surface area (TPSA) is 90.6 Å². The zero-order valence-electron chi connectivity index (χ0n) is 16.2. The van der Waals surface area contributed by atoms with Crippen LogP contribution in [0.1, 0.15) is 16.7 Å². The Morgan fingerprint density at radius 2 is 1.87 bits per heavy atom. The van der Waals surface area contributed by atoms with Crippen molar-refractivity contribution < 1.29 is 0 Å². The molecule has 7 heteroatoms. The maximum atomic E-state index is 4.41. The van der Waals surface area contributed by atoms with Crippen LogP contribution in [0.25, 0.3) is 12.2 Å². The Balaban J connectivity index is 1.31. The molecule has 0 radical (unpaired) electrons. The molecule has 1 aliphatic rings. The summed E-state index contributed by atoms with van der Waals surface area (Å²) in [5.41, 5.74) is 6.31. The maximum Gasteiger partial charge on any atom is 0.141 e. The van der Waals surface area contributed by atoms with Crippen molar-refractivity contribution in [3.63, 3.8) is 0 Å². The minimum Gasteiger partial charge on any atom is -0.363 e. The number of fused-ring (bicyclic) bond motifs is 1. The highest BCUT2D eigenvalue weighted by molar-refractivity contribution is 5.81. The standard InChI is InChI=1S/C23H21N7/c1-2-4-16(5-3-1)10-22-29-20-9-8-19(11-21(20)30-22)28-23-18(14-24-15-25-23)7-6-17-12-26-27-13-17/h1-9,11-15,22,29-30H,10H2,(H,26,27)(H,24,25,28)/b7-6+. The number of H-pyrrole nitrogens is 1. The van der Waals surface area contributed by atoms with Crippen molar-refractivity contribution in [1.29, 1.82) is 0 Å². The monoisotopic (exact) mass is 395 g/mol. The summed E-state index contributed by atoms with van der Waals surface area (Å²) in [5, 5.41) is 17.3. The summed E-state index contributed by atoms with van der Waals surface area (Å²) in [7, 11) is 0. The summed E-state index contributed by atoms with van der Waals surface area (Å²) in [6.45, 7) is 0. The number of aromatic nitrogens is 4. The van der Waals surface area contributed by atoms with Gasteiger partial charge in [-0.3, -0.25) is 5.10 Å². The van der Waals surface area contributed by atoms with Crippen LogP contribution in [0.2, 0.25) is 0 Å². The van der Waals surface area contributed by atoms with Crippen molar-refractivity contribution in [1.82, 2.24) is 20.2 Å². The van der Waals surface area contributed by atoms with Gasteiger partial charge in [0.15, 0.2) is 0 Å². The van der Waals surface area contributed by atoms with E-state index < -0.39 is 0 Å². The van der Waals surface area contributed by atoms with E-state index in [2.05, 4.69) is 72.5 Å².